The molecule has 3 aromatic rings. The number of carbonyl (C=O) groups is 2. The molecule has 30 heavy (non-hydrogen) atoms. The molecule has 152 valence electrons. The van der Waals surface area contributed by atoms with E-state index in [2.05, 4.69) is 15.7 Å². The van der Waals surface area contributed by atoms with Crippen LogP contribution in [0.2, 0.25) is 0 Å². The zero-order chi connectivity index (χ0) is 21.3. The number of para-hydroxylation sites is 1. The van der Waals surface area contributed by atoms with E-state index in [1.54, 1.807) is 10.8 Å². The van der Waals surface area contributed by atoms with Gasteiger partial charge < -0.3 is 15.7 Å². The molecule has 0 bridgehead atoms. The summed E-state index contributed by atoms with van der Waals surface area (Å²) in [4.78, 5) is 24.7. The summed E-state index contributed by atoms with van der Waals surface area (Å²) < 4.78 is 1.64. The van der Waals surface area contributed by atoms with Crippen LogP contribution in [-0.4, -0.2) is 26.8 Å². The van der Waals surface area contributed by atoms with E-state index in [-0.39, 0.29) is 17.2 Å². The van der Waals surface area contributed by atoms with Crippen LogP contribution in [-0.2, 0) is 11.2 Å². The third kappa shape index (κ3) is 3.57. The standard InChI is InChI=1S/C23H22N4O3/c1-3-15-6-4-5-7-18(15)26-22(28)17-13-24-27-20(16-10-8-14(2)9-11-16)12-19(23(29)30)25-21(17)27/h4-13,20,25H,3H2,1-2H3,(H,26,28)(H,29,30)/t20-/m1/s1. The molecule has 2 aromatic carbocycles. The van der Waals surface area contributed by atoms with Crippen molar-refractivity contribution in [3.05, 3.63) is 88.8 Å². The Hall–Kier alpha value is -3.87. The average Bonchev–Trinajstić information content (AvgIpc) is 3.18. The van der Waals surface area contributed by atoms with Gasteiger partial charge in [-0.05, 0) is 36.6 Å². The van der Waals surface area contributed by atoms with Gasteiger partial charge in [0.25, 0.3) is 5.91 Å². The minimum Gasteiger partial charge on any atom is -0.477 e. The fourth-order valence-electron chi connectivity index (χ4n) is 3.53. The highest BCUT2D eigenvalue weighted by atomic mass is 16.4. The molecule has 0 aliphatic carbocycles. The summed E-state index contributed by atoms with van der Waals surface area (Å²) in [5.41, 5.74) is 4.02. The van der Waals surface area contributed by atoms with E-state index >= 15 is 0 Å². The lowest BCUT2D eigenvalue weighted by Crippen LogP contribution is -2.25. The van der Waals surface area contributed by atoms with Gasteiger partial charge in [0.2, 0.25) is 0 Å². The Balaban J connectivity index is 1.72. The van der Waals surface area contributed by atoms with Crippen LogP contribution in [0.4, 0.5) is 11.5 Å². The Kier molecular flexibility index (Phi) is 5.10. The molecule has 0 radical (unpaired) electrons. The second-order valence-corrected chi connectivity index (χ2v) is 7.18. The van der Waals surface area contributed by atoms with Crippen molar-refractivity contribution >= 4 is 23.4 Å². The maximum absolute atomic E-state index is 13.0. The van der Waals surface area contributed by atoms with Gasteiger partial charge in [0.1, 0.15) is 17.1 Å². The molecule has 2 heterocycles. The largest absolute Gasteiger partial charge is 0.477 e. The van der Waals surface area contributed by atoms with Crippen molar-refractivity contribution in [2.45, 2.75) is 26.3 Å². The number of aryl methyl sites for hydroxylation is 2. The number of carboxylic acid groups (broad SMARTS) is 1. The summed E-state index contributed by atoms with van der Waals surface area (Å²) in [6.07, 6.45) is 3.84. The summed E-state index contributed by atoms with van der Waals surface area (Å²) >= 11 is 0. The first-order valence-corrected chi connectivity index (χ1v) is 9.73. The first-order chi connectivity index (χ1) is 14.5. The number of amides is 1. The molecule has 1 aliphatic heterocycles. The van der Waals surface area contributed by atoms with Crippen molar-refractivity contribution in [3.8, 4) is 0 Å². The number of hydrogen-bond donors (Lipinski definition) is 3. The molecule has 1 aromatic heterocycles. The van der Waals surface area contributed by atoms with E-state index < -0.39 is 12.0 Å². The normalized spacial score (nSPS) is 15.0. The third-order valence-corrected chi connectivity index (χ3v) is 5.18. The van der Waals surface area contributed by atoms with Crippen molar-refractivity contribution in [1.82, 2.24) is 9.78 Å². The highest BCUT2D eigenvalue weighted by molar-refractivity contribution is 6.08. The lowest BCUT2D eigenvalue weighted by atomic mass is 10.0. The molecular weight excluding hydrogens is 380 g/mol. The van der Waals surface area contributed by atoms with Crippen molar-refractivity contribution in [1.29, 1.82) is 0 Å². The van der Waals surface area contributed by atoms with Gasteiger partial charge in [0.15, 0.2) is 0 Å². The van der Waals surface area contributed by atoms with Crippen LogP contribution in [0.25, 0.3) is 0 Å². The van der Waals surface area contributed by atoms with E-state index in [0.29, 0.717) is 5.82 Å². The number of nitrogens with zero attached hydrogens (tertiary/aromatic N) is 2. The minimum atomic E-state index is -1.10. The summed E-state index contributed by atoms with van der Waals surface area (Å²) in [7, 11) is 0. The Morgan fingerprint density at radius 3 is 2.60 bits per heavy atom. The highest BCUT2D eigenvalue weighted by Gasteiger charge is 2.29. The summed E-state index contributed by atoms with van der Waals surface area (Å²) in [6, 6.07) is 14.9. The first-order valence-electron chi connectivity index (χ1n) is 9.73. The number of carboxylic acids is 1. The number of hydrogen-bond acceptors (Lipinski definition) is 4. The lowest BCUT2D eigenvalue weighted by Gasteiger charge is -2.24. The molecule has 3 N–H and O–H groups in total. The number of rotatable bonds is 5. The Morgan fingerprint density at radius 2 is 1.90 bits per heavy atom. The smallest absolute Gasteiger partial charge is 0.352 e. The maximum atomic E-state index is 13.0. The SMILES string of the molecule is CCc1ccccc1NC(=O)c1cnn2c1NC(C(=O)O)=C[C@@H]2c1ccc(C)cc1. The predicted molar refractivity (Wildman–Crippen MR) is 115 cm³/mol. The number of fused-ring (bicyclic) bond motifs is 1. The molecule has 1 aliphatic rings. The molecule has 4 rings (SSSR count). The Bertz CT molecular complexity index is 1150. The van der Waals surface area contributed by atoms with Crippen LogP contribution in [0.3, 0.4) is 0 Å². The topological polar surface area (TPSA) is 96.3 Å². The number of allylic oxidation sites excluding steroid dienone is 1. The Morgan fingerprint density at radius 1 is 1.17 bits per heavy atom. The van der Waals surface area contributed by atoms with Crippen LogP contribution >= 0.6 is 0 Å². The van der Waals surface area contributed by atoms with Crippen LogP contribution in [0.15, 0.2) is 66.5 Å². The second kappa shape index (κ2) is 7.87. The minimum absolute atomic E-state index is 0.0107. The van der Waals surface area contributed by atoms with Crippen molar-refractivity contribution in [2.24, 2.45) is 0 Å². The zero-order valence-corrected chi connectivity index (χ0v) is 16.7. The maximum Gasteiger partial charge on any atom is 0.352 e. The molecule has 1 atom stereocenters. The molecule has 7 heteroatoms. The van der Waals surface area contributed by atoms with E-state index in [1.165, 1.54) is 6.20 Å². The van der Waals surface area contributed by atoms with E-state index in [9.17, 15) is 14.7 Å². The molecule has 0 saturated carbocycles. The first kappa shape index (κ1) is 19.4. The number of carbonyl (C=O) groups excluding carboxylic acids is 1. The lowest BCUT2D eigenvalue weighted by molar-refractivity contribution is -0.132. The van der Waals surface area contributed by atoms with Crippen molar-refractivity contribution < 1.29 is 14.7 Å². The van der Waals surface area contributed by atoms with Crippen LogP contribution in [0.5, 0.6) is 0 Å². The number of nitrogens with one attached hydrogen (secondary N) is 2. The van der Waals surface area contributed by atoms with Crippen molar-refractivity contribution in [3.63, 3.8) is 0 Å². The van der Waals surface area contributed by atoms with Gasteiger partial charge in [-0.15, -0.1) is 0 Å². The molecule has 0 fully saturated rings. The second-order valence-electron chi connectivity index (χ2n) is 7.18. The monoisotopic (exact) mass is 402 g/mol. The zero-order valence-electron chi connectivity index (χ0n) is 16.7. The molecule has 7 nitrogen and oxygen atoms in total. The van der Waals surface area contributed by atoms with E-state index in [0.717, 1.165) is 28.8 Å². The van der Waals surface area contributed by atoms with Gasteiger partial charge >= 0.3 is 5.97 Å². The summed E-state index contributed by atoms with van der Waals surface area (Å²) in [6.45, 7) is 4.01. The van der Waals surface area contributed by atoms with Gasteiger partial charge in [0.05, 0.1) is 12.2 Å². The average molecular weight is 402 g/mol. The highest BCUT2D eigenvalue weighted by Crippen LogP contribution is 2.32. The quantitative estimate of drug-likeness (QED) is 0.600. The molecular formula is C23H22N4O3. The van der Waals surface area contributed by atoms with Crippen LogP contribution < -0.4 is 10.6 Å². The molecule has 0 spiro atoms. The molecule has 0 unspecified atom stereocenters. The van der Waals surface area contributed by atoms with Crippen LogP contribution in [0.1, 0.15) is 40.0 Å². The summed E-state index contributed by atoms with van der Waals surface area (Å²) in [5, 5.41) is 19.7. The number of benzene rings is 2. The fraction of sp³-hybridized carbons (Fsp3) is 0.174. The van der Waals surface area contributed by atoms with E-state index in [4.69, 9.17) is 0 Å². The van der Waals surface area contributed by atoms with Gasteiger partial charge in [-0.3, -0.25) is 4.79 Å². The number of anilines is 2. The molecule has 1 amide bonds. The summed E-state index contributed by atoms with van der Waals surface area (Å²) in [5.74, 6) is -1.09. The van der Waals surface area contributed by atoms with Crippen molar-refractivity contribution in [2.75, 3.05) is 10.6 Å². The third-order valence-electron chi connectivity index (χ3n) is 5.18. The Labute approximate surface area is 174 Å². The van der Waals surface area contributed by atoms with Gasteiger partial charge in [-0.25, -0.2) is 9.48 Å². The number of aliphatic carboxylic acids is 1. The van der Waals surface area contributed by atoms with Crippen LogP contribution in [0, 0.1) is 6.92 Å². The fourth-order valence-corrected chi connectivity index (χ4v) is 3.53. The molecule has 0 saturated heterocycles. The van der Waals surface area contributed by atoms with E-state index in [1.807, 2.05) is 62.4 Å². The number of aromatic nitrogens is 2. The van der Waals surface area contributed by atoms with Gasteiger partial charge in [-0.2, -0.15) is 5.10 Å². The predicted octanol–water partition coefficient (Wildman–Crippen LogP) is 3.99. The van der Waals surface area contributed by atoms with Gasteiger partial charge in [0, 0.05) is 5.69 Å². The van der Waals surface area contributed by atoms with Gasteiger partial charge in [-0.1, -0.05) is 55.0 Å².